The van der Waals surface area contributed by atoms with E-state index >= 15 is 0 Å². The Morgan fingerprint density at radius 2 is 1.65 bits per heavy atom. The van der Waals surface area contributed by atoms with Crippen LogP contribution in [0.1, 0.15) is 60.6 Å². The van der Waals surface area contributed by atoms with Crippen LogP contribution in [0.15, 0.2) is 53.1 Å². The maximum atomic E-state index is 12.6. The molecule has 0 spiro atoms. The molecule has 0 atom stereocenters. The maximum absolute atomic E-state index is 12.6. The predicted molar refractivity (Wildman–Crippen MR) is 119 cm³/mol. The number of likely N-dealkylation sites (tertiary alicyclic amines) is 1. The summed E-state index contributed by atoms with van der Waals surface area (Å²) >= 11 is 0. The van der Waals surface area contributed by atoms with Gasteiger partial charge in [0.1, 0.15) is 5.52 Å². The van der Waals surface area contributed by atoms with Crippen LogP contribution in [0.2, 0.25) is 0 Å². The zero-order valence-corrected chi connectivity index (χ0v) is 17.5. The molecule has 1 aliphatic heterocycles. The molecule has 0 radical (unpaired) electrons. The van der Waals surface area contributed by atoms with E-state index in [-0.39, 0.29) is 17.6 Å². The minimum atomic E-state index is -0.303. The number of carbonyl (C=O) groups is 2. The summed E-state index contributed by atoms with van der Waals surface area (Å²) in [5.41, 5.74) is 2.67. The average molecular weight is 418 g/mol. The van der Waals surface area contributed by atoms with Crippen LogP contribution >= 0.6 is 0 Å². The van der Waals surface area contributed by atoms with E-state index in [0.717, 1.165) is 57.3 Å². The Hall–Kier alpha value is -3.15. The molecular weight excluding hydrogens is 390 g/mol. The van der Waals surface area contributed by atoms with Crippen LogP contribution in [0.4, 0.5) is 5.69 Å². The van der Waals surface area contributed by atoms with E-state index in [1.54, 1.807) is 0 Å². The summed E-state index contributed by atoms with van der Waals surface area (Å²) < 4.78 is 5.24. The number of benzene rings is 2. The molecule has 31 heavy (non-hydrogen) atoms. The van der Waals surface area contributed by atoms with Crippen LogP contribution in [0.25, 0.3) is 10.9 Å². The molecule has 0 unspecified atom stereocenters. The van der Waals surface area contributed by atoms with Gasteiger partial charge in [0.15, 0.2) is 0 Å². The number of hydrogen-bond acceptors (Lipinski definition) is 4. The van der Waals surface area contributed by atoms with Gasteiger partial charge in [-0.1, -0.05) is 29.4 Å². The van der Waals surface area contributed by atoms with Crippen molar-refractivity contribution in [1.82, 2.24) is 10.1 Å². The fourth-order valence-corrected chi connectivity index (χ4v) is 4.95. The lowest BCUT2D eigenvalue weighted by molar-refractivity contribution is -0.135. The second-order valence-electron chi connectivity index (χ2n) is 8.69. The SMILES string of the molecule is O=C(Nc1ccc([C@H]2CC[C@H](C(=O)N3CCCC3)CC2)cc1)c1onc2ccccc12. The van der Waals surface area contributed by atoms with E-state index in [2.05, 4.69) is 27.5 Å². The molecule has 0 bridgehead atoms. The van der Waals surface area contributed by atoms with Crippen molar-refractivity contribution in [1.29, 1.82) is 0 Å². The number of rotatable bonds is 4. The third-order valence-electron chi connectivity index (χ3n) is 6.72. The molecule has 2 amide bonds. The lowest BCUT2D eigenvalue weighted by Gasteiger charge is -2.30. The highest BCUT2D eigenvalue weighted by atomic mass is 16.5. The number of hydrogen-bond donors (Lipinski definition) is 1. The van der Waals surface area contributed by atoms with Crippen LogP contribution in [0.5, 0.6) is 0 Å². The Labute approximate surface area is 181 Å². The third kappa shape index (κ3) is 4.07. The van der Waals surface area contributed by atoms with Gasteiger partial charge in [0.05, 0.1) is 5.39 Å². The molecule has 2 heterocycles. The molecular formula is C25H27N3O3. The molecule has 1 saturated heterocycles. The van der Waals surface area contributed by atoms with E-state index < -0.39 is 0 Å². The molecule has 1 aromatic heterocycles. The summed E-state index contributed by atoms with van der Waals surface area (Å²) in [7, 11) is 0. The number of nitrogens with one attached hydrogen (secondary N) is 1. The average Bonchev–Trinajstić information content (AvgIpc) is 3.50. The highest BCUT2D eigenvalue weighted by molar-refractivity contribution is 6.10. The van der Waals surface area contributed by atoms with Gasteiger partial charge in [-0.3, -0.25) is 9.59 Å². The van der Waals surface area contributed by atoms with E-state index in [9.17, 15) is 9.59 Å². The van der Waals surface area contributed by atoms with Gasteiger partial charge in [0, 0.05) is 24.7 Å². The molecule has 160 valence electrons. The van der Waals surface area contributed by atoms with Crippen LogP contribution in [0.3, 0.4) is 0 Å². The number of anilines is 1. The van der Waals surface area contributed by atoms with E-state index in [4.69, 9.17) is 4.52 Å². The fourth-order valence-electron chi connectivity index (χ4n) is 4.95. The van der Waals surface area contributed by atoms with E-state index in [0.29, 0.717) is 22.7 Å². The monoisotopic (exact) mass is 417 g/mol. The zero-order valence-electron chi connectivity index (χ0n) is 17.5. The van der Waals surface area contributed by atoms with Crippen molar-refractivity contribution in [3.05, 3.63) is 59.9 Å². The van der Waals surface area contributed by atoms with Gasteiger partial charge >= 0.3 is 0 Å². The normalized spacial score (nSPS) is 21.4. The van der Waals surface area contributed by atoms with Crippen molar-refractivity contribution in [2.75, 3.05) is 18.4 Å². The van der Waals surface area contributed by atoms with Crippen molar-refractivity contribution in [3.63, 3.8) is 0 Å². The number of nitrogens with zero attached hydrogens (tertiary/aromatic N) is 2. The minimum absolute atomic E-state index is 0.199. The van der Waals surface area contributed by atoms with Crippen molar-refractivity contribution in [3.8, 4) is 0 Å². The predicted octanol–water partition coefficient (Wildman–Crippen LogP) is 4.98. The van der Waals surface area contributed by atoms with Gasteiger partial charge in [-0.05, 0) is 74.3 Å². The summed E-state index contributed by atoms with van der Waals surface area (Å²) in [5, 5.41) is 7.54. The van der Waals surface area contributed by atoms with Gasteiger partial charge in [-0.15, -0.1) is 0 Å². The van der Waals surface area contributed by atoms with Gasteiger partial charge in [-0.2, -0.15) is 0 Å². The van der Waals surface area contributed by atoms with Gasteiger partial charge in [-0.25, -0.2) is 0 Å². The third-order valence-corrected chi connectivity index (χ3v) is 6.72. The Bertz CT molecular complexity index is 1070. The lowest BCUT2D eigenvalue weighted by atomic mass is 9.78. The van der Waals surface area contributed by atoms with Crippen LogP contribution < -0.4 is 5.32 Å². The first-order valence-electron chi connectivity index (χ1n) is 11.2. The van der Waals surface area contributed by atoms with E-state index in [1.807, 2.05) is 36.4 Å². The highest BCUT2D eigenvalue weighted by Crippen LogP contribution is 2.37. The second kappa shape index (κ2) is 8.53. The van der Waals surface area contributed by atoms with E-state index in [1.165, 1.54) is 5.56 Å². The topological polar surface area (TPSA) is 75.4 Å². The first-order chi connectivity index (χ1) is 15.2. The Balaban J connectivity index is 1.19. The molecule has 2 aliphatic rings. The van der Waals surface area contributed by atoms with Crippen molar-refractivity contribution in [2.45, 2.75) is 44.4 Å². The standard InChI is InChI=1S/C25H27N3O3/c29-24(23-21-5-1-2-6-22(21)27-31-23)26-20-13-11-18(12-14-20)17-7-9-19(10-8-17)25(30)28-15-3-4-16-28/h1-2,5-6,11-14,17,19H,3-4,7-10,15-16H2,(H,26,29)/t17-,19-. The number of aromatic nitrogens is 1. The largest absolute Gasteiger partial charge is 0.350 e. The van der Waals surface area contributed by atoms with Crippen LogP contribution in [-0.4, -0.2) is 35.0 Å². The zero-order chi connectivity index (χ0) is 21.2. The molecule has 3 aromatic rings. The van der Waals surface area contributed by atoms with Crippen LogP contribution in [-0.2, 0) is 4.79 Å². The highest BCUT2D eigenvalue weighted by Gasteiger charge is 2.31. The van der Waals surface area contributed by atoms with Crippen molar-refractivity contribution >= 4 is 28.4 Å². The molecule has 6 heteroatoms. The van der Waals surface area contributed by atoms with Crippen molar-refractivity contribution in [2.24, 2.45) is 5.92 Å². The van der Waals surface area contributed by atoms with Crippen molar-refractivity contribution < 1.29 is 14.1 Å². The minimum Gasteiger partial charge on any atom is -0.350 e. The van der Waals surface area contributed by atoms with Gasteiger partial charge in [0.25, 0.3) is 5.91 Å². The smallest absolute Gasteiger partial charge is 0.294 e. The first kappa shape index (κ1) is 19.8. The molecule has 2 fully saturated rings. The summed E-state index contributed by atoms with van der Waals surface area (Å²) in [5.74, 6) is 0.965. The molecule has 1 N–H and O–H groups in total. The second-order valence-corrected chi connectivity index (χ2v) is 8.69. The summed E-state index contributed by atoms with van der Waals surface area (Å²) in [6.45, 7) is 1.88. The van der Waals surface area contributed by atoms with Gasteiger partial charge < -0.3 is 14.7 Å². The number of carbonyl (C=O) groups excluding carboxylic acids is 2. The Kier molecular flexibility index (Phi) is 5.45. The number of fused-ring (bicyclic) bond motifs is 1. The van der Waals surface area contributed by atoms with Gasteiger partial charge in [0.2, 0.25) is 11.7 Å². The Morgan fingerprint density at radius 3 is 2.39 bits per heavy atom. The van der Waals surface area contributed by atoms with Crippen LogP contribution in [0, 0.1) is 5.92 Å². The molecule has 1 aliphatic carbocycles. The molecule has 1 saturated carbocycles. The maximum Gasteiger partial charge on any atom is 0.294 e. The number of amides is 2. The fraction of sp³-hybridized carbons (Fsp3) is 0.400. The molecule has 2 aromatic carbocycles. The Morgan fingerprint density at radius 1 is 0.935 bits per heavy atom. The lowest BCUT2D eigenvalue weighted by Crippen LogP contribution is -2.35. The molecule has 6 nitrogen and oxygen atoms in total. The quantitative estimate of drug-likeness (QED) is 0.650. The molecule has 5 rings (SSSR count). The summed E-state index contributed by atoms with van der Waals surface area (Å²) in [4.78, 5) is 27.3. The summed E-state index contributed by atoms with van der Waals surface area (Å²) in [6.07, 6.45) is 6.32. The first-order valence-corrected chi connectivity index (χ1v) is 11.2. The summed E-state index contributed by atoms with van der Waals surface area (Å²) in [6, 6.07) is 15.4.